The van der Waals surface area contributed by atoms with Crippen LogP contribution in [0, 0.1) is 0 Å². The highest BCUT2D eigenvalue weighted by Gasteiger charge is 2.15. The lowest BCUT2D eigenvalue weighted by Crippen LogP contribution is -2.19. The standard InChI is InChI=1S/C31H30N6O2/c1-36(2)15-16-39-28-11-9-24(10-12-28)25-18-26(20-33-19-25)29-7-4-8-31(35-29)37(30-13-14-32-22-34-30)21-23-5-3-6-27(38)17-23/h3-14,17-20,22,38H,15-16,21H2,1-2H3. The van der Waals surface area contributed by atoms with E-state index < -0.39 is 0 Å². The highest BCUT2D eigenvalue weighted by atomic mass is 16.5. The fourth-order valence-corrected chi connectivity index (χ4v) is 4.12. The number of phenols is 1. The fourth-order valence-electron chi connectivity index (χ4n) is 4.12. The van der Waals surface area contributed by atoms with Crippen LogP contribution in [0.5, 0.6) is 11.5 Å². The van der Waals surface area contributed by atoms with Crippen LogP contribution in [0.15, 0.2) is 104 Å². The molecule has 0 aliphatic carbocycles. The van der Waals surface area contributed by atoms with Crippen LogP contribution in [0.25, 0.3) is 22.4 Å². The van der Waals surface area contributed by atoms with Gasteiger partial charge in [-0.1, -0.05) is 30.3 Å². The predicted molar refractivity (Wildman–Crippen MR) is 153 cm³/mol. The summed E-state index contributed by atoms with van der Waals surface area (Å²) in [6.45, 7) is 1.98. The van der Waals surface area contributed by atoms with E-state index in [-0.39, 0.29) is 5.75 Å². The molecule has 0 atom stereocenters. The zero-order chi connectivity index (χ0) is 27.0. The molecule has 0 saturated carbocycles. The van der Waals surface area contributed by atoms with Gasteiger partial charge in [-0.05, 0) is 73.8 Å². The largest absolute Gasteiger partial charge is 0.508 e. The number of aromatic nitrogens is 4. The summed E-state index contributed by atoms with van der Waals surface area (Å²) in [5, 5.41) is 9.98. The molecule has 0 unspecified atom stereocenters. The van der Waals surface area contributed by atoms with Gasteiger partial charge in [0.25, 0.3) is 0 Å². The van der Waals surface area contributed by atoms with Gasteiger partial charge in [-0.25, -0.2) is 15.0 Å². The predicted octanol–water partition coefficient (Wildman–Crippen LogP) is 5.58. The minimum atomic E-state index is 0.216. The lowest BCUT2D eigenvalue weighted by atomic mass is 10.0. The van der Waals surface area contributed by atoms with E-state index in [0.29, 0.717) is 19.0 Å². The van der Waals surface area contributed by atoms with Gasteiger partial charge in [0.2, 0.25) is 0 Å². The molecule has 2 aromatic carbocycles. The summed E-state index contributed by atoms with van der Waals surface area (Å²) in [5.41, 5.74) is 4.67. The summed E-state index contributed by atoms with van der Waals surface area (Å²) in [4.78, 5) is 22.1. The summed E-state index contributed by atoms with van der Waals surface area (Å²) in [7, 11) is 4.05. The van der Waals surface area contributed by atoms with Crippen LogP contribution in [0.1, 0.15) is 5.56 Å². The van der Waals surface area contributed by atoms with Crippen molar-refractivity contribution in [2.75, 3.05) is 32.1 Å². The van der Waals surface area contributed by atoms with Crippen LogP contribution in [-0.2, 0) is 6.54 Å². The third kappa shape index (κ3) is 6.74. The topological polar surface area (TPSA) is 87.5 Å². The van der Waals surface area contributed by atoms with Gasteiger partial charge < -0.3 is 19.6 Å². The zero-order valence-electron chi connectivity index (χ0n) is 22.0. The molecule has 8 heteroatoms. The van der Waals surface area contributed by atoms with Gasteiger partial charge in [0.1, 0.15) is 36.1 Å². The number of aromatic hydroxyl groups is 1. The molecule has 0 saturated heterocycles. The molecule has 3 aromatic heterocycles. The van der Waals surface area contributed by atoms with Crippen LogP contribution in [-0.4, -0.2) is 57.2 Å². The molecule has 196 valence electrons. The Balaban J connectivity index is 1.41. The Kier molecular flexibility index (Phi) is 8.04. The number of benzene rings is 2. The molecule has 5 aromatic rings. The molecule has 0 radical (unpaired) electrons. The Labute approximate surface area is 228 Å². The third-order valence-electron chi connectivity index (χ3n) is 6.13. The molecule has 0 spiro atoms. The van der Waals surface area contributed by atoms with Crippen molar-refractivity contribution >= 4 is 11.6 Å². The average Bonchev–Trinajstić information content (AvgIpc) is 2.97. The molecular weight excluding hydrogens is 488 g/mol. The van der Waals surface area contributed by atoms with E-state index in [4.69, 9.17) is 9.72 Å². The van der Waals surface area contributed by atoms with Crippen LogP contribution in [0.4, 0.5) is 11.6 Å². The van der Waals surface area contributed by atoms with Crippen LogP contribution >= 0.6 is 0 Å². The maximum absolute atomic E-state index is 9.98. The number of likely N-dealkylation sites (N-methyl/N-ethyl adjacent to an activating group) is 1. The molecule has 0 amide bonds. The van der Waals surface area contributed by atoms with E-state index in [1.165, 1.54) is 6.33 Å². The van der Waals surface area contributed by atoms with Crippen molar-refractivity contribution < 1.29 is 9.84 Å². The first kappa shape index (κ1) is 25.8. The number of ether oxygens (including phenoxy) is 1. The number of nitrogens with zero attached hydrogens (tertiary/aromatic N) is 6. The summed E-state index contributed by atoms with van der Waals surface area (Å²) < 4.78 is 5.83. The number of phenolic OH excluding ortho intramolecular Hbond substituents is 1. The van der Waals surface area contributed by atoms with Gasteiger partial charge in [0.05, 0.1) is 12.2 Å². The van der Waals surface area contributed by atoms with Crippen LogP contribution in [0.3, 0.4) is 0 Å². The van der Waals surface area contributed by atoms with Crippen molar-refractivity contribution in [2.24, 2.45) is 0 Å². The van der Waals surface area contributed by atoms with Crippen LogP contribution in [0.2, 0.25) is 0 Å². The Morgan fingerprint density at radius 1 is 0.795 bits per heavy atom. The monoisotopic (exact) mass is 518 g/mol. The number of pyridine rings is 2. The first-order chi connectivity index (χ1) is 19.0. The smallest absolute Gasteiger partial charge is 0.137 e. The van der Waals surface area contributed by atoms with Gasteiger partial charge in [0, 0.05) is 36.3 Å². The van der Waals surface area contributed by atoms with Crippen molar-refractivity contribution in [2.45, 2.75) is 6.54 Å². The van der Waals surface area contributed by atoms with Gasteiger partial charge in [0.15, 0.2) is 0 Å². The van der Waals surface area contributed by atoms with Gasteiger partial charge >= 0.3 is 0 Å². The quantitative estimate of drug-likeness (QED) is 0.256. The lowest BCUT2D eigenvalue weighted by molar-refractivity contribution is 0.261. The molecule has 0 aliphatic heterocycles. The minimum absolute atomic E-state index is 0.216. The molecule has 3 heterocycles. The fraction of sp³-hybridized carbons (Fsp3) is 0.161. The highest BCUT2D eigenvalue weighted by Crippen LogP contribution is 2.30. The maximum Gasteiger partial charge on any atom is 0.137 e. The molecule has 0 fully saturated rings. The van der Waals surface area contributed by atoms with Gasteiger partial charge in [-0.3, -0.25) is 4.98 Å². The van der Waals surface area contributed by atoms with Crippen molar-refractivity contribution in [3.63, 3.8) is 0 Å². The van der Waals surface area contributed by atoms with E-state index in [2.05, 4.69) is 25.9 Å². The maximum atomic E-state index is 9.98. The van der Waals surface area contributed by atoms with Crippen LogP contribution < -0.4 is 9.64 Å². The number of hydrogen-bond acceptors (Lipinski definition) is 8. The Hall–Kier alpha value is -4.82. The van der Waals surface area contributed by atoms with Crippen molar-refractivity contribution in [3.8, 4) is 33.9 Å². The van der Waals surface area contributed by atoms with E-state index in [9.17, 15) is 5.11 Å². The average molecular weight is 519 g/mol. The molecule has 39 heavy (non-hydrogen) atoms. The number of rotatable bonds is 10. The van der Waals surface area contributed by atoms with E-state index in [1.54, 1.807) is 18.3 Å². The second kappa shape index (κ2) is 12.1. The summed E-state index contributed by atoms with van der Waals surface area (Å²) >= 11 is 0. The number of hydrogen-bond donors (Lipinski definition) is 1. The Morgan fingerprint density at radius 3 is 2.38 bits per heavy atom. The zero-order valence-corrected chi connectivity index (χ0v) is 22.0. The molecular formula is C31H30N6O2. The second-order valence-corrected chi connectivity index (χ2v) is 9.34. The Bertz CT molecular complexity index is 1510. The summed E-state index contributed by atoms with van der Waals surface area (Å²) in [6, 6.07) is 25.1. The molecule has 1 N–H and O–H groups in total. The SMILES string of the molecule is CN(C)CCOc1ccc(-c2cncc(-c3cccc(N(Cc4cccc(O)c4)c4ccncn4)n3)c2)cc1. The first-order valence-electron chi connectivity index (χ1n) is 12.7. The molecule has 8 nitrogen and oxygen atoms in total. The molecule has 5 rings (SSSR count). The van der Waals surface area contributed by atoms with Gasteiger partial charge in [-0.15, -0.1) is 0 Å². The lowest BCUT2D eigenvalue weighted by Gasteiger charge is -2.23. The minimum Gasteiger partial charge on any atom is -0.508 e. The Morgan fingerprint density at radius 2 is 1.62 bits per heavy atom. The van der Waals surface area contributed by atoms with E-state index in [0.717, 1.165) is 46.1 Å². The van der Waals surface area contributed by atoms with Crippen molar-refractivity contribution in [1.29, 1.82) is 0 Å². The highest BCUT2D eigenvalue weighted by molar-refractivity contribution is 5.71. The van der Waals surface area contributed by atoms with E-state index in [1.807, 2.05) is 92.1 Å². The number of anilines is 2. The third-order valence-corrected chi connectivity index (χ3v) is 6.13. The van der Waals surface area contributed by atoms with E-state index >= 15 is 0 Å². The molecule has 0 bridgehead atoms. The second-order valence-electron chi connectivity index (χ2n) is 9.34. The van der Waals surface area contributed by atoms with Gasteiger partial charge in [-0.2, -0.15) is 0 Å². The summed E-state index contributed by atoms with van der Waals surface area (Å²) in [6.07, 6.45) is 6.89. The normalized spacial score (nSPS) is 10.9. The first-order valence-corrected chi connectivity index (χ1v) is 12.7. The summed E-state index contributed by atoms with van der Waals surface area (Å²) in [5.74, 6) is 2.49. The molecule has 0 aliphatic rings. The van der Waals surface area contributed by atoms with Crippen molar-refractivity contribution in [1.82, 2.24) is 24.8 Å². The van der Waals surface area contributed by atoms with Crippen molar-refractivity contribution in [3.05, 3.63) is 109 Å².